The molecule has 0 unspecified atom stereocenters. The Kier molecular flexibility index (Phi) is 8.77. The van der Waals surface area contributed by atoms with Gasteiger partial charge >= 0.3 is 11.9 Å². The van der Waals surface area contributed by atoms with Crippen molar-refractivity contribution in [3.63, 3.8) is 0 Å². The van der Waals surface area contributed by atoms with Crippen LogP contribution in [0.4, 0.5) is 0 Å². The van der Waals surface area contributed by atoms with Gasteiger partial charge in [0.25, 0.3) is 0 Å². The Bertz CT molecular complexity index is 731. The number of nitrogens with zero attached hydrogens (tertiary/aromatic N) is 2. The Labute approximate surface area is 214 Å². The van der Waals surface area contributed by atoms with Crippen LogP contribution in [-0.2, 0) is 19.1 Å². The molecule has 2 rings (SSSR count). The maximum atomic E-state index is 12.1. The number of piperidine rings is 2. The van der Waals surface area contributed by atoms with Gasteiger partial charge in [0, 0.05) is 80.9 Å². The van der Waals surface area contributed by atoms with E-state index in [9.17, 15) is 9.59 Å². The molecule has 6 nitrogen and oxygen atoms in total. The third kappa shape index (κ3) is 6.83. The summed E-state index contributed by atoms with van der Waals surface area (Å²) in [6, 6.07) is 0. The van der Waals surface area contributed by atoms with Crippen LogP contribution in [-0.4, -0.2) is 54.9 Å². The van der Waals surface area contributed by atoms with Gasteiger partial charge in [0.15, 0.2) is 0 Å². The van der Waals surface area contributed by atoms with Crippen molar-refractivity contribution in [2.45, 2.75) is 129 Å². The molecule has 2 heterocycles. The number of carbonyl (C=O) groups is 2. The molecule has 8 heteroatoms. The highest BCUT2D eigenvalue weighted by molar-refractivity contribution is 8.74. The second-order valence-corrected chi connectivity index (χ2v) is 14.3. The van der Waals surface area contributed by atoms with Gasteiger partial charge in [-0.25, -0.2) is 18.2 Å². The molecule has 0 atom stereocenters. The summed E-state index contributed by atoms with van der Waals surface area (Å²) in [6.45, 7) is 28.5. The molecule has 0 aliphatic carbocycles. The highest BCUT2D eigenvalue weighted by Gasteiger charge is 2.51. The fourth-order valence-corrected chi connectivity index (χ4v) is 9.54. The molecular weight excluding hydrogens is 468 g/mol. The predicted octanol–water partition coefficient (Wildman–Crippen LogP) is 6.48. The lowest BCUT2D eigenvalue weighted by Gasteiger charge is -2.56. The van der Waals surface area contributed by atoms with Crippen molar-refractivity contribution < 1.29 is 19.1 Å². The van der Waals surface area contributed by atoms with Crippen LogP contribution in [0.1, 0.15) is 94.9 Å². The zero-order valence-electron chi connectivity index (χ0n) is 22.7. The third-order valence-electron chi connectivity index (χ3n) is 6.53. The average molecular weight is 513 g/mol. The summed E-state index contributed by atoms with van der Waals surface area (Å²) in [5.74, 6) is -0.628. The second-order valence-electron chi connectivity index (χ2n) is 12.4. The molecule has 0 aromatic rings. The van der Waals surface area contributed by atoms with E-state index in [2.05, 4.69) is 77.2 Å². The molecule has 0 aromatic carbocycles. The Morgan fingerprint density at radius 1 is 0.647 bits per heavy atom. The summed E-state index contributed by atoms with van der Waals surface area (Å²) in [4.78, 5) is 24.3. The van der Waals surface area contributed by atoms with Gasteiger partial charge in [0.05, 0.1) is 0 Å². The summed E-state index contributed by atoms with van der Waals surface area (Å²) >= 11 is 0. The van der Waals surface area contributed by atoms with Crippen LogP contribution in [0.3, 0.4) is 0 Å². The van der Waals surface area contributed by atoms with Crippen LogP contribution >= 0.6 is 22.0 Å². The molecule has 0 bridgehead atoms. The van der Waals surface area contributed by atoms with Gasteiger partial charge in [-0.1, -0.05) is 13.2 Å². The van der Waals surface area contributed by atoms with Crippen molar-refractivity contribution in [3.05, 3.63) is 24.3 Å². The Morgan fingerprint density at radius 2 is 0.882 bits per heavy atom. The Hall–Kier alpha value is -0.960. The molecule has 2 aliphatic rings. The second kappa shape index (κ2) is 10.2. The van der Waals surface area contributed by atoms with Crippen LogP contribution in [0.5, 0.6) is 0 Å². The molecule has 2 aliphatic heterocycles. The normalized spacial score (nSPS) is 24.9. The summed E-state index contributed by atoms with van der Waals surface area (Å²) in [5.41, 5.74) is 0.160. The smallest absolute Gasteiger partial charge is 0.333 e. The predicted molar refractivity (Wildman–Crippen MR) is 143 cm³/mol. The zero-order valence-corrected chi connectivity index (χ0v) is 24.4. The van der Waals surface area contributed by atoms with Gasteiger partial charge in [-0.05, 0) is 69.2 Å². The quantitative estimate of drug-likeness (QED) is 0.166. The van der Waals surface area contributed by atoms with E-state index in [1.165, 1.54) is 0 Å². The summed E-state index contributed by atoms with van der Waals surface area (Å²) in [7, 11) is 3.53. The fourth-order valence-electron chi connectivity index (χ4n) is 5.48. The number of esters is 2. The molecule has 194 valence electrons. The minimum absolute atomic E-state index is 0.136. The van der Waals surface area contributed by atoms with Gasteiger partial charge in [0.1, 0.15) is 12.2 Å². The van der Waals surface area contributed by atoms with Crippen LogP contribution in [0.25, 0.3) is 0 Å². The summed E-state index contributed by atoms with van der Waals surface area (Å²) in [5, 5.41) is 0. The minimum Gasteiger partial charge on any atom is -0.459 e. The first kappa shape index (κ1) is 29.3. The van der Waals surface area contributed by atoms with Gasteiger partial charge in [0.2, 0.25) is 0 Å². The van der Waals surface area contributed by atoms with Crippen molar-refractivity contribution >= 4 is 33.9 Å². The lowest BCUT2D eigenvalue weighted by molar-refractivity contribution is -0.152. The van der Waals surface area contributed by atoms with Crippen LogP contribution in [0.2, 0.25) is 0 Å². The van der Waals surface area contributed by atoms with E-state index in [-0.39, 0.29) is 46.3 Å². The lowest BCUT2D eigenvalue weighted by atomic mass is 9.81. The van der Waals surface area contributed by atoms with Gasteiger partial charge in [-0.2, -0.15) is 0 Å². The average Bonchev–Trinajstić information content (AvgIpc) is 2.60. The van der Waals surface area contributed by atoms with Crippen molar-refractivity contribution in [1.82, 2.24) is 8.61 Å². The fraction of sp³-hybridized carbons (Fsp3) is 0.769. The van der Waals surface area contributed by atoms with E-state index in [0.717, 1.165) is 25.7 Å². The molecule has 0 spiro atoms. The molecular formula is C26H44N2O4S2. The minimum atomic E-state index is -0.314. The molecule has 0 saturated carbocycles. The monoisotopic (exact) mass is 512 g/mol. The summed E-state index contributed by atoms with van der Waals surface area (Å²) < 4.78 is 16.4. The SMILES string of the molecule is C=C(C)C(=O)OC1CC(C)(C)N(SSN2C(C)(C)CC(OC(=O)C(=C)C)CC2(C)C)C(C)(C)C1. The zero-order chi connectivity index (χ0) is 26.3. The highest BCUT2D eigenvalue weighted by Crippen LogP contribution is 2.53. The van der Waals surface area contributed by atoms with Gasteiger partial charge in [-0.3, -0.25) is 0 Å². The van der Waals surface area contributed by atoms with Crippen LogP contribution < -0.4 is 0 Å². The largest absolute Gasteiger partial charge is 0.459 e. The number of hydrogen-bond donors (Lipinski definition) is 0. The third-order valence-corrected chi connectivity index (χ3v) is 9.97. The first-order valence-corrected chi connectivity index (χ1v) is 14.0. The van der Waals surface area contributed by atoms with Crippen LogP contribution in [0, 0.1) is 0 Å². The first-order chi connectivity index (χ1) is 15.3. The first-order valence-electron chi connectivity index (χ1n) is 12.0. The molecule has 2 fully saturated rings. The maximum absolute atomic E-state index is 12.1. The molecule has 34 heavy (non-hydrogen) atoms. The maximum Gasteiger partial charge on any atom is 0.333 e. The van der Waals surface area contributed by atoms with Crippen molar-refractivity contribution in [2.75, 3.05) is 0 Å². The molecule has 0 amide bonds. The van der Waals surface area contributed by atoms with E-state index >= 15 is 0 Å². The van der Waals surface area contributed by atoms with Gasteiger partial charge in [-0.15, -0.1) is 0 Å². The summed E-state index contributed by atoms with van der Waals surface area (Å²) in [6.07, 6.45) is 2.76. The van der Waals surface area contributed by atoms with Crippen molar-refractivity contribution in [1.29, 1.82) is 0 Å². The molecule has 2 saturated heterocycles. The number of rotatable bonds is 7. The van der Waals surface area contributed by atoms with Gasteiger partial charge < -0.3 is 9.47 Å². The topological polar surface area (TPSA) is 59.1 Å². The number of carbonyl (C=O) groups excluding carboxylic acids is 2. The molecule has 0 N–H and O–H groups in total. The lowest BCUT2D eigenvalue weighted by Crippen LogP contribution is -2.61. The van der Waals surface area contributed by atoms with E-state index in [0.29, 0.717) is 11.1 Å². The Balaban J connectivity index is 2.13. The number of hydrogen-bond acceptors (Lipinski definition) is 8. The molecule has 0 radical (unpaired) electrons. The van der Waals surface area contributed by atoms with E-state index < -0.39 is 0 Å². The molecule has 0 aromatic heterocycles. The van der Waals surface area contributed by atoms with Crippen LogP contribution in [0.15, 0.2) is 24.3 Å². The van der Waals surface area contributed by atoms with Crippen molar-refractivity contribution in [2.24, 2.45) is 0 Å². The van der Waals surface area contributed by atoms with Crippen molar-refractivity contribution in [3.8, 4) is 0 Å². The Morgan fingerprint density at radius 3 is 1.09 bits per heavy atom. The van der Waals surface area contributed by atoms with E-state index in [4.69, 9.17) is 9.47 Å². The van der Waals surface area contributed by atoms with E-state index in [1.54, 1.807) is 35.8 Å². The standard InChI is InChI=1S/C26H44N2O4S2/c1-17(2)21(29)31-19-13-23(5,6)27(24(7,8)14-19)33-34-28-25(9,10)15-20(16-26(28,11)12)32-22(30)18(3)4/h19-20H,1,3,13-16H2,2,4-12H3. The highest BCUT2D eigenvalue weighted by atomic mass is 33.1. The van der Waals surface area contributed by atoms with E-state index in [1.807, 2.05) is 0 Å². The number of ether oxygens (including phenoxy) is 2.